The summed E-state index contributed by atoms with van der Waals surface area (Å²) in [7, 11) is -1.70. The Labute approximate surface area is 590 Å². The van der Waals surface area contributed by atoms with Crippen molar-refractivity contribution in [3.8, 4) is 11.1 Å². The molecule has 14 aromatic carbocycles. The summed E-state index contributed by atoms with van der Waals surface area (Å²) in [4.78, 5) is 34.8. The smallest absolute Gasteiger partial charge is 0.178 e. The number of carbonyl (C=O) groups excluding carboxylic acids is 3. The van der Waals surface area contributed by atoms with E-state index in [9.17, 15) is 14.4 Å². The predicted octanol–water partition coefficient (Wildman–Crippen LogP) is 21.1. The molecule has 0 aliphatic heterocycles. The van der Waals surface area contributed by atoms with E-state index in [0.717, 1.165) is 33.4 Å². The summed E-state index contributed by atoms with van der Waals surface area (Å²) in [5.74, 6) is -0.0341. The summed E-state index contributed by atoms with van der Waals surface area (Å²) in [5.41, 5.74) is 8.86. The zero-order valence-corrected chi connectivity index (χ0v) is 57.1. The van der Waals surface area contributed by atoms with Crippen LogP contribution >= 0.6 is 15.8 Å². The summed E-state index contributed by atoms with van der Waals surface area (Å²) < 4.78 is 0. The third kappa shape index (κ3) is 20.5. The zero-order chi connectivity index (χ0) is 68.6. The highest BCUT2D eigenvalue weighted by Crippen LogP contribution is 2.46. The second-order valence-electron chi connectivity index (χ2n) is 23.0. The Morgan fingerprint density at radius 3 is 0.580 bits per heavy atom. The first-order valence-corrected chi connectivity index (χ1v) is 35.9. The molecular formula is C95H74O3P2. The Balaban J connectivity index is 0.000000154. The fourth-order valence-corrected chi connectivity index (χ4v) is 16.2. The van der Waals surface area contributed by atoms with Crippen molar-refractivity contribution in [2.75, 3.05) is 0 Å². The minimum absolute atomic E-state index is 0.0114. The van der Waals surface area contributed by atoms with Crippen LogP contribution in [0.4, 0.5) is 0 Å². The average Bonchev–Trinajstić information content (AvgIpc) is 0.733. The fourth-order valence-electron chi connectivity index (χ4n) is 11.2. The van der Waals surface area contributed by atoms with Gasteiger partial charge in [0.1, 0.15) is 0 Å². The lowest BCUT2D eigenvalue weighted by atomic mass is 9.93. The van der Waals surface area contributed by atoms with Gasteiger partial charge in [0.25, 0.3) is 0 Å². The molecule has 0 spiro atoms. The molecule has 14 rings (SSSR count). The number of rotatable bonds is 19. The molecule has 0 aliphatic rings. The molecule has 0 unspecified atom stereocenters. The molecule has 0 heterocycles. The SMILES string of the molecule is O=C(C=Cc1ccccc1)C=Cc1ccccc1.O=C(C=Cc1ccccc1)C=Cc1ccccc1.O=C(C=Cc1ccccc1)C=Cc1ccccc1.c1ccc(P(c2ccccc2)c2ccc3ccccc3c2-c2c(P(c3ccccc3)c3ccccc3)ccc3ccccc23)cc1. The van der Waals surface area contributed by atoms with Crippen LogP contribution in [-0.2, 0) is 14.4 Å². The van der Waals surface area contributed by atoms with E-state index in [1.165, 1.54) is 64.5 Å². The Hall–Kier alpha value is -12.1. The number of allylic oxidation sites excluding steroid dienone is 6. The van der Waals surface area contributed by atoms with Gasteiger partial charge in [-0.25, -0.2) is 0 Å². The molecule has 0 bridgehead atoms. The number of fused-ring (bicyclic) bond motifs is 2. The first kappa shape index (κ1) is 69.3. The standard InChI is InChI=1S/C44H32P2.3C17H14O/c1-5-19-35(20-6-1)45(36-21-7-2-8-22-36)41-31-29-33-17-13-15-27-39(33)43(41)44-40-28-16-14-18-34(40)30-32-42(44)46(37-23-9-3-10-24-37)38-25-11-4-12-26-38;3*18-17(13-11-15-7-3-1-4-8-15)14-12-16-9-5-2-6-10-16/h1-32H;3*1-14H. The third-order valence-electron chi connectivity index (χ3n) is 16.0. The van der Waals surface area contributed by atoms with Crippen LogP contribution in [0.2, 0.25) is 0 Å². The van der Waals surface area contributed by atoms with E-state index in [1.54, 1.807) is 36.5 Å². The molecule has 100 heavy (non-hydrogen) atoms. The summed E-state index contributed by atoms with van der Waals surface area (Å²) in [6.07, 6.45) is 20.4. The van der Waals surface area contributed by atoms with Crippen LogP contribution in [0.3, 0.4) is 0 Å². The van der Waals surface area contributed by atoms with Crippen molar-refractivity contribution in [1.29, 1.82) is 0 Å². The molecule has 0 aromatic heterocycles. The van der Waals surface area contributed by atoms with E-state index in [-0.39, 0.29) is 17.3 Å². The molecule has 0 fully saturated rings. The molecule has 0 saturated carbocycles. The maximum Gasteiger partial charge on any atom is 0.178 e. The predicted molar refractivity (Wildman–Crippen MR) is 432 cm³/mol. The minimum Gasteiger partial charge on any atom is -0.290 e. The van der Waals surface area contributed by atoms with Crippen LogP contribution in [0.15, 0.2) is 413 Å². The molecule has 0 atom stereocenters. The van der Waals surface area contributed by atoms with E-state index in [2.05, 4.69) is 194 Å². The van der Waals surface area contributed by atoms with Gasteiger partial charge in [0.2, 0.25) is 0 Å². The van der Waals surface area contributed by atoms with Gasteiger partial charge in [0.15, 0.2) is 17.3 Å². The number of carbonyl (C=O) groups is 3. The van der Waals surface area contributed by atoms with Crippen molar-refractivity contribution in [2.45, 2.75) is 0 Å². The molecule has 0 N–H and O–H groups in total. The summed E-state index contributed by atoms with van der Waals surface area (Å²) >= 11 is 0. The number of ketones is 3. The third-order valence-corrected chi connectivity index (χ3v) is 21.0. The van der Waals surface area contributed by atoms with Crippen LogP contribution < -0.4 is 31.8 Å². The van der Waals surface area contributed by atoms with E-state index >= 15 is 0 Å². The summed E-state index contributed by atoms with van der Waals surface area (Å²) in [5, 5.41) is 13.3. The van der Waals surface area contributed by atoms with E-state index in [1.807, 2.05) is 218 Å². The van der Waals surface area contributed by atoms with E-state index in [0.29, 0.717) is 0 Å². The summed E-state index contributed by atoms with van der Waals surface area (Å²) in [6.45, 7) is 0. The average molecular weight is 1330 g/mol. The van der Waals surface area contributed by atoms with Crippen molar-refractivity contribution >= 4 is 123 Å². The fraction of sp³-hybridized carbons (Fsp3) is 0. The van der Waals surface area contributed by atoms with Crippen LogP contribution in [0.1, 0.15) is 33.4 Å². The topological polar surface area (TPSA) is 51.2 Å². The van der Waals surface area contributed by atoms with Crippen LogP contribution in [-0.4, -0.2) is 17.3 Å². The quantitative estimate of drug-likeness (QED) is 0.0599. The molecule has 0 aliphatic carbocycles. The van der Waals surface area contributed by atoms with Crippen molar-refractivity contribution in [3.63, 3.8) is 0 Å². The van der Waals surface area contributed by atoms with Crippen molar-refractivity contribution in [2.24, 2.45) is 0 Å². The molecule has 0 amide bonds. The Bertz CT molecular complexity index is 4410. The highest BCUT2D eigenvalue weighted by Gasteiger charge is 2.28. The van der Waals surface area contributed by atoms with Gasteiger partial charge in [0.05, 0.1) is 0 Å². The van der Waals surface area contributed by atoms with Gasteiger partial charge in [-0.3, -0.25) is 14.4 Å². The Morgan fingerprint density at radius 2 is 0.370 bits per heavy atom. The van der Waals surface area contributed by atoms with Crippen molar-refractivity contribution in [3.05, 3.63) is 446 Å². The largest absolute Gasteiger partial charge is 0.290 e. The monoisotopic (exact) mass is 1320 g/mol. The lowest BCUT2D eigenvalue weighted by molar-refractivity contribution is -0.111. The highest BCUT2D eigenvalue weighted by molar-refractivity contribution is 7.81. The Morgan fingerprint density at radius 1 is 0.190 bits per heavy atom. The molecule has 0 radical (unpaired) electrons. The van der Waals surface area contributed by atoms with Gasteiger partial charge < -0.3 is 0 Å². The maximum absolute atomic E-state index is 11.6. The van der Waals surface area contributed by atoms with Gasteiger partial charge in [-0.05, 0) is 150 Å². The van der Waals surface area contributed by atoms with Crippen molar-refractivity contribution in [1.82, 2.24) is 0 Å². The number of hydrogen-bond donors (Lipinski definition) is 0. The normalized spacial score (nSPS) is 11.3. The second-order valence-corrected chi connectivity index (χ2v) is 27.4. The van der Waals surface area contributed by atoms with Gasteiger partial charge >= 0.3 is 0 Å². The summed E-state index contributed by atoms with van der Waals surface area (Å²) in [6, 6.07) is 130. The van der Waals surface area contributed by atoms with Crippen LogP contribution in [0.5, 0.6) is 0 Å². The molecular weight excluding hydrogens is 1250 g/mol. The second kappa shape index (κ2) is 37.4. The molecule has 482 valence electrons. The van der Waals surface area contributed by atoms with E-state index in [4.69, 9.17) is 0 Å². The van der Waals surface area contributed by atoms with Crippen LogP contribution in [0, 0.1) is 0 Å². The van der Waals surface area contributed by atoms with E-state index < -0.39 is 15.8 Å². The lowest BCUT2D eigenvalue weighted by Gasteiger charge is -2.28. The first-order chi connectivity index (χ1) is 49.4. The van der Waals surface area contributed by atoms with Gasteiger partial charge in [-0.15, -0.1) is 0 Å². The minimum atomic E-state index is -0.852. The number of benzene rings is 14. The molecule has 0 saturated heterocycles. The number of hydrogen-bond acceptors (Lipinski definition) is 3. The zero-order valence-electron chi connectivity index (χ0n) is 55.3. The van der Waals surface area contributed by atoms with Gasteiger partial charge in [0, 0.05) is 0 Å². The molecule has 3 nitrogen and oxygen atoms in total. The Kier molecular flexibility index (Phi) is 25.9. The molecule has 5 heteroatoms. The highest BCUT2D eigenvalue weighted by atomic mass is 31.1. The van der Waals surface area contributed by atoms with Crippen molar-refractivity contribution < 1.29 is 14.4 Å². The maximum atomic E-state index is 11.6. The van der Waals surface area contributed by atoms with Gasteiger partial charge in [-0.2, -0.15) is 0 Å². The van der Waals surface area contributed by atoms with Crippen LogP contribution in [0.25, 0.3) is 69.1 Å². The first-order valence-electron chi connectivity index (χ1n) is 33.3. The molecule has 14 aromatic rings. The van der Waals surface area contributed by atoms with Gasteiger partial charge in [-0.1, -0.05) is 413 Å². The lowest BCUT2D eigenvalue weighted by Crippen LogP contribution is -2.26.